The zero-order chi connectivity index (χ0) is 15.0. The first-order chi connectivity index (χ1) is 10.0. The average Bonchev–Trinajstić information content (AvgIpc) is 3.19. The Morgan fingerprint density at radius 2 is 2.24 bits per heavy atom. The van der Waals surface area contributed by atoms with E-state index in [1.54, 1.807) is 24.5 Å². The lowest BCUT2D eigenvalue weighted by atomic mass is 10.3. The fraction of sp³-hybridized carbons (Fsp3) is 0.357. The summed E-state index contributed by atoms with van der Waals surface area (Å²) in [5, 5.41) is 0. The van der Waals surface area contributed by atoms with E-state index in [-0.39, 0.29) is 4.90 Å². The Balaban J connectivity index is 1.93. The first kappa shape index (κ1) is 14.1. The van der Waals surface area contributed by atoms with Crippen LogP contribution in [0.2, 0.25) is 0 Å². The second kappa shape index (κ2) is 5.16. The minimum absolute atomic E-state index is 0.248. The van der Waals surface area contributed by atoms with E-state index in [4.69, 9.17) is 5.73 Å². The van der Waals surface area contributed by atoms with Gasteiger partial charge in [-0.25, -0.2) is 8.42 Å². The molecule has 0 bridgehead atoms. The van der Waals surface area contributed by atoms with Crippen molar-refractivity contribution in [3.63, 3.8) is 0 Å². The molecular weight excluding hydrogens is 288 g/mol. The van der Waals surface area contributed by atoms with E-state index < -0.39 is 10.0 Å². The topological polar surface area (TPSA) is 90.0 Å². The van der Waals surface area contributed by atoms with Gasteiger partial charge in [-0.3, -0.25) is 9.71 Å². The largest absolute Gasteiger partial charge is 0.346 e. The van der Waals surface area contributed by atoms with Crippen LogP contribution in [0.4, 0.5) is 5.69 Å². The van der Waals surface area contributed by atoms with Crippen molar-refractivity contribution in [2.75, 3.05) is 4.72 Å². The molecule has 1 aliphatic rings. The molecule has 0 spiro atoms. The normalized spacial score (nSPS) is 15.1. The molecule has 1 fully saturated rings. The zero-order valence-electron chi connectivity index (χ0n) is 11.8. The fourth-order valence-electron chi connectivity index (χ4n) is 2.27. The van der Waals surface area contributed by atoms with E-state index in [0.717, 1.165) is 24.1 Å². The molecule has 6 nitrogen and oxygen atoms in total. The third-order valence-electron chi connectivity index (χ3n) is 3.65. The summed E-state index contributed by atoms with van der Waals surface area (Å²) in [7, 11) is -3.62. The Bertz CT molecular complexity index is 763. The van der Waals surface area contributed by atoms with Crippen molar-refractivity contribution >= 4 is 15.7 Å². The summed E-state index contributed by atoms with van der Waals surface area (Å²) < 4.78 is 29.5. The molecule has 0 amide bonds. The van der Waals surface area contributed by atoms with Crippen molar-refractivity contribution in [2.45, 2.75) is 37.2 Å². The summed E-state index contributed by atoms with van der Waals surface area (Å²) in [6.07, 6.45) is 6.97. The molecule has 7 heteroatoms. The molecule has 21 heavy (non-hydrogen) atoms. The van der Waals surface area contributed by atoms with Gasteiger partial charge in [0.25, 0.3) is 10.0 Å². The summed E-state index contributed by atoms with van der Waals surface area (Å²) in [5.74, 6) is 0. The number of aryl methyl sites for hydroxylation is 1. The van der Waals surface area contributed by atoms with Gasteiger partial charge < -0.3 is 10.3 Å². The van der Waals surface area contributed by atoms with Crippen LogP contribution in [0.3, 0.4) is 0 Å². The summed E-state index contributed by atoms with van der Waals surface area (Å²) in [6.45, 7) is 2.16. The molecule has 3 N–H and O–H groups in total. The number of nitrogens with zero attached hydrogens (tertiary/aromatic N) is 2. The zero-order valence-corrected chi connectivity index (χ0v) is 12.6. The SMILES string of the molecule is Cc1ccncc1NS(=O)(=O)c1cc(CN)n(C2CC2)c1. The highest BCUT2D eigenvalue weighted by molar-refractivity contribution is 7.92. The van der Waals surface area contributed by atoms with Gasteiger partial charge >= 0.3 is 0 Å². The predicted octanol–water partition coefficient (Wildman–Crippen LogP) is 1.79. The van der Waals surface area contributed by atoms with Crippen molar-refractivity contribution in [2.24, 2.45) is 5.73 Å². The third kappa shape index (κ3) is 2.79. The number of hydrogen-bond donors (Lipinski definition) is 2. The number of nitrogens with one attached hydrogen (secondary N) is 1. The number of hydrogen-bond acceptors (Lipinski definition) is 4. The predicted molar refractivity (Wildman–Crippen MR) is 80.4 cm³/mol. The molecule has 0 radical (unpaired) electrons. The van der Waals surface area contributed by atoms with Gasteiger partial charge in [-0.05, 0) is 37.5 Å². The molecule has 0 aliphatic heterocycles. The van der Waals surface area contributed by atoms with Crippen molar-refractivity contribution in [3.05, 3.63) is 42.0 Å². The second-order valence-electron chi connectivity index (χ2n) is 5.31. The Morgan fingerprint density at radius 1 is 1.48 bits per heavy atom. The van der Waals surface area contributed by atoms with Crippen molar-refractivity contribution < 1.29 is 8.42 Å². The van der Waals surface area contributed by atoms with Crippen molar-refractivity contribution in [1.82, 2.24) is 9.55 Å². The van der Waals surface area contributed by atoms with Gasteiger partial charge in [0.1, 0.15) is 4.90 Å². The highest BCUT2D eigenvalue weighted by atomic mass is 32.2. The smallest absolute Gasteiger partial charge is 0.263 e. The highest BCUT2D eigenvalue weighted by Crippen LogP contribution is 2.37. The van der Waals surface area contributed by atoms with Gasteiger partial charge in [-0.15, -0.1) is 0 Å². The van der Waals surface area contributed by atoms with Gasteiger partial charge in [0, 0.05) is 30.7 Å². The van der Waals surface area contributed by atoms with Crippen LogP contribution in [-0.4, -0.2) is 18.0 Å². The Labute approximate surface area is 124 Å². The van der Waals surface area contributed by atoms with Gasteiger partial charge in [-0.2, -0.15) is 0 Å². The van der Waals surface area contributed by atoms with Crippen LogP contribution in [0.15, 0.2) is 35.6 Å². The quantitative estimate of drug-likeness (QED) is 0.881. The number of aromatic nitrogens is 2. The number of sulfonamides is 1. The van der Waals surface area contributed by atoms with E-state index in [9.17, 15) is 8.42 Å². The molecule has 0 aromatic carbocycles. The molecule has 112 valence electrons. The molecule has 0 saturated heterocycles. The lowest BCUT2D eigenvalue weighted by Crippen LogP contribution is -2.13. The minimum Gasteiger partial charge on any atom is -0.346 e. The van der Waals surface area contributed by atoms with Crippen LogP contribution in [0, 0.1) is 6.92 Å². The van der Waals surface area contributed by atoms with Gasteiger partial charge in [-0.1, -0.05) is 0 Å². The molecule has 2 heterocycles. The summed E-state index contributed by atoms with van der Waals surface area (Å²) in [6, 6.07) is 3.80. The standard InChI is InChI=1S/C14H18N4O2S/c1-10-4-5-16-8-14(10)17-21(19,20)13-6-12(7-15)18(9-13)11-2-3-11/h4-6,8-9,11,17H,2-3,7,15H2,1H3. The summed E-state index contributed by atoms with van der Waals surface area (Å²) in [5.41, 5.74) is 7.87. The molecule has 2 aromatic rings. The summed E-state index contributed by atoms with van der Waals surface area (Å²) in [4.78, 5) is 4.20. The number of anilines is 1. The molecule has 2 aromatic heterocycles. The van der Waals surface area contributed by atoms with E-state index in [0.29, 0.717) is 18.3 Å². The Morgan fingerprint density at radius 3 is 2.86 bits per heavy atom. The van der Waals surface area contributed by atoms with Crippen LogP contribution in [0.5, 0.6) is 0 Å². The lowest BCUT2D eigenvalue weighted by molar-refractivity contribution is 0.600. The first-order valence-electron chi connectivity index (χ1n) is 6.85. The second-order valence-corrected chi connectivity index (χ2v) is 6.99. The average molecular weight is 306 g/mol. The van der Waals surface area contributed by atoms with E-state index in [2.05, 4.69) is 9.71 Å². The van der Waals surface area contributed by atoms with Crippen LogP contribution in [0.1, 0.15) is 30.1 Å². The van der Waals surface area contributed by atoms with Crippen LogP contribution >= 0.6 is 0 Å². The Kier molecular flexibility index (Phi) is 3.46. The van der Waals surface area contributed by atoms with E-state index >= 15 is 0 Å². The monoisotopic (exact) mass is 306 g/mol. The van der Waals surface area contributed by atoms with Crippen molar-refractivity contribution in [1.29, 1.82) is 0 Å². The molecule has 0 atom stereocenters. The lowest BCUT2D eigenvalue weighted by Gasteiger charge is -2.08. The van der Waals surface area contributed by atoms with Crippen molar-refractivity contribution in [3.8, 4) is 0 Å². The first-order valence-corrected chi connectivity index (χ1v) is 8.34. The molecule has 0 unspecified atom stereocenters. The van der Waals surface area contributed by atoms with Gasteiger partial charge in [0.05, 0.1) is 11.9 Å². The van der Waals surface area contributed by atoms with Gasteiger partial charge in [0.15, 0.2) is 0 Å². The van der Waals surface area contributed by atoms with Crippen LogP contribution < -0.4 is 10.5 Å². The van der Waals surface area contributed by atoms with E-state index in [1.165, 1.54) is 6.20 Å². The number of pyridine rings is 1. The maximum Gasteiger partial charge on any atom is 0.263 e. The maximum atomic E-state index is 12.5. The highest BCUT2D eigenvalue weighted by Gasteiger charge is 2.28. The minimum atomic E-state index is -3.62. The van der Waals surface area contributed by atoms with Crippen LogP contribution in [0.25, 0.3) is 0 Å². The molecule has 3 rings (SSSR count). The summed E-state index contributed by atoms with van der Waals surface area (Å²) >= 11 is 0. The third-order valence-corrected chi connectivity index (χ3v) is 4.98. The number of rotatable bonds is 5. The maximum absolute atomic E-state index is 12.5. The van der Waals surface area contributed by atoms with Crippen LogP contribution in [-0.2, 0) is 16.6 Å². The van der Waals surface area contributed by atoms with Gasteiger partial charge in [0.2, 0.25) is 0 Å². The molecule has 1 aliphatic carbocycles. The van der Waals surface area contributed by atoms with E-state index in [1.807, 2.05) is 11.5 Å². The molecular formula is C14H18N4O2S. The fourth-order valence-corrected chi connectivity index (χ4v) is 3.44. The molecule has 1 saturated carbocycles. The Hall–Kier alpha value is -1.86. The number of nitrogens with two attached hydrogens (primary N) is 1.